The Kier molecular flexibility index (Phi) is 5.44. The third-order valence-corrected chi connectivity index (χ3v) is 5.25. The summed E-state index contributed by atoms with van der Waals surface area (Å²) in [5, 5.41) is 23.7. The van der Waals surface area contributed by atoms with E-state index in [1.54, 1.807) is 12.1 Å². The van der Waals surface area contributed by atoms with Crippen LogP contribution in [0.1, 0.15) is 22.8 Å². The molecule has 1 unspecified atom stereocenters. The number of esters is 1. The minimum atomic E-state index is -0.827. The first-order valence-electron chi connectivity index (χ1n) is 9.51. The highest BCUT2D eigenvalue weighted by Crippen LogP contribution is 2.30. The summed E-state index contributed by atoms with van der Waals surface area (Å²) in [5.41, 5.74) is 3.23. The molecule has 1 aliphatic carbocycles. The van der Waals surface area contributed by atoms with Gasteiger partial charge in [-0.15, -0.1) is 0 Å². The van der Waals surface area contributed by atoms with Crippen LogP contribution in [0.4, 0.5) is 0 Å². The fourth-order valence-corrected chi connectivity index (χ4v) is 3.87. The normalized spacial score (nSPS) is 14.7. The Balaban J connectivity index is 1.53. The molecule has 2 aromatic carbocycles. The second-order valence-corrected chi connectivity index (χ2v) is 7.19. The average molecular weight is 394 g/mol. The number of hydrogen-bond acceptors (Lipinski definition) is 6. The molecule has 0 amide bonds. The summed E-state index contributed by atoms with van der Waals surface area (Å²) in [6.07, 6.45) is 1.04. The second kappa shape index (κ2) is 8.16. The Morgan fingerprint density at radius 2 is 1.86 bits per heavy atom. The van der Waals surface area contributed by atoms with Crippen molar-refractivity contribution < 1.29 is 19.7 Å². The lowest BCUT2D eigenvalue weighted by molar-refractivity contribution is -0.137. The summed E-state index contributed by atoms with van der Waals surface area (Å²) in [4.78, 5) is 25.9. The molecular formula is C22H22N2O5. The Morgan fingerprint density at radius 1 is 1.14 bits per heavy atom. The first kappa shape index (κ1) is 19.3. The van der Waals surface area contributed by atoms with Crippen molar-refractivity contribution >= 4 is 16.9 Å². The topological polar surface area (TPSA) is 112 Å². The standard InChI is InChI=1S/C22H22N2O5/c25-12-21(28)29-19-7-5-16(17-6-8-20(27)24-22(17)19)18(26)11-23-15-9-13-3-1-2-4-14(13)10-15/h1-8,15,18,23,25-26H,9-12H2,(H,24,27). The molecule has 4 rings (SSSR count). The molecule has 1 aromatic heterocycles. The number of carbonyl (C=O) groups is 1. The lowest BCUT2D eigenvalue weighted by Gasteiger charge is -2.19. The second-order valence-electron chi connectivity index (χ2n) is 7.19. The molecule has 0 aliphatic heterocycles. The van der Waals surface area contributed by atoms with Crippen LogP contribution in [0, 0.1) is 0 Å². The van der Waals surface area contributed by atoms with Gasteiger partial charge in [0.1, 0.15) is 6.61 Å². The number of carbonyl (C=O) groups excluding carboxylic acids is 1. The molecule has 0 saturated carbocycles. The number of pyridine rings is 1. The van der Waals surface area contributed by atoms with Gasteiger partial charge in [0, 0.05) is 24.0 Å². The molecule has 0 bridgehead atoms. The van der Waals surface area contributed by atoms with Crippen LogP contribution in [-0.4, -0.2) is 40.4 Å². The number of nitrogens with one attached hydrogen (secondary N) is 2. The van der Waals surface area contributed by atoms with Crippen molar-refractivity contribution in [3.8, 4) is 5.75 Å². The molecule has 0 spiro atoms. The fraction of sp³-hybridized carbons (Fsp3) is 0.273. The molecule has 4 N–H and O–H groups in total. The Morgan fingerprint density at radius 3 is 2.55 bits per heavy atom. The van der Waals surface area contributed by atoms with Crippen molar-refractivity contribution in [2.75, 3.05) is 13.2 Å². The highest BCUT2D eigenvalue weighted by Gasteiger charge is 2.22. The van der Waals surface area contributed by atoms with Crippen LogP contribution in [0.25, 0.3) is 10.9 Å². The summed E-state index contributed by atoms with van der Waals surface area (Å²) in [5.74, 6) is -0.696. The van der Waals surface area contributed by atoms with Crippen molar-refractivity contribution in [3.05, 3.63) is 75.6 Å². The van der Waals surface area contributed by atoms with Gasteiger partial charge in [-0.3, -0.25) is 4.79 Å². The summed E-state index contributed by atoms with van der Waals surface area (Å²) < 4.78 is 5.09. The molecule has 1 aliphatic rings. The zero-order valence-corrected chi connectivity index (χ0v) is 15.7. The van der Waals surface area contributed by atoms with Crippen LogP contribution in [-0.2, 0) is 17.6 Å². The molecule has 150 valence electrons. The lowest BCUT2D eigenvalue weighted by atomic mass is 10.0. The van der Waals surface area contributed by atoms with Crippen molar-refractivity contribution in [3.63, 3.8) is 0 Å². The van der Waals surface area contributed by atoms with E-state index in [2.05, 4.69) is 22.4 Å². The fourth-order valence-electron chi connectivity index (χ4n) is 3.87. The number of fused-ring (bicyclic) bond motifs is 2. The maximum atomic E-state index is 11.8. The van der Waals surface area contributed by atoms with E-state index in [0.717, 1.165) is 12.8 Å². The van der Waals surface area contributed by atoms with Gasteiger partial charge in [0.15, 0.2) is 5.75 Å². The smallest absolute Gasteiger partial charge is 0.337 e. The molecule has 1 atom stereocenters. The van der Waals surface area contributed by atoms with E-state index in [1.165, 1.54) is 23.3 Å². The minimum Gasteiger partial charge on any atom is -0.423 e. The van der Waals surface area contributed by atoms with Gasteiger partial charge in [0.2, 0.25) is 5.56 Å². The van der Waals surface area contributed by atoms with Crippen molar-refractivity contribution in [2.45, 2.75) is 25.0 Å². The van der Waals surface area contributed by atoms with E-state index >= 15 is 0 Å². The highest BCUT2D eigenvalue weighted by molar-refractivity contribution is 5.90. The highest BCUT2D eigenvalue weighted by atomic mass is 16.5. The molecule has 0 radical (unpaired) electrons. The van der Waals surface area contributed by atoms with Crippen molar-refractivity contribution in [1.29, 1.82) is 0 Å². The van der Waals surface area contributed by atoms with E-state index in [9.17, 15) is 14.7 Å². The van der Waals surface area contributed by atoms with Gasteiger partial charge in [-0.1, -0.05) is 30.3 Å². The van der Waals surface area contributed by atoms with Gasteiger partial charge < -0.3 is 25.3 Å². The molecular weight excluding hydrogens is 372 g/mol. The minimum absolute atomic E-state index is 0.131. The van der Waals surface area contributed by atoms with E-state index in [1.807, 2.05) is 12.1 Å². The zero-order valence-electron chi connectivity index (χ0n) is 15.7. The van der Waals surface area contributed by atoms with Crippen LogP contribution >= 0.6 is 0 Å². The van der Waals surface area contributed by atoms with Gasteiger partial charge >= 0.3 is 5.97 Å². The monoisotopic (exact) mass is 394 g/mol. The third-order valence-electron chi connectivity index (χ3n) is 5.25. The van der Waals surface area contributed by atoms with Crippen LogP contribution in [0.15, 0.2) is 53.3 Å². The Hall–Kier alpha value is -3.00. The zero-order chi connectivity index (χ0) is 20.4. The largest absolute Gasteiger partial charge is 0.423 e. The lowest BCUT2D eigenvalue weighted by Crippen LogP contribution is -2.33. The molecule has 3 aromatic rings. The van der Waals surface area contributed by atoms with Crippen molar-refractivity contribution in [2.24, 2.45) is 0 Å². The predicted molar refractivity (Wildman–Crippen MR) is 108 cm³/mol. The molecule has 7 nitrogen and oxygen atoms in total. The summed E-state index contributed by atoms with van der Waals surface area (Å²) in [6, 6.07) is 14.7. The average Bonchev–Trinajstić information content (AvgIpc) is 3.15. The first-order valence-corrected chi connectivity index (χ1v) is 9.51. The molecule has 29 heavy (non-hydrogen) atoms. The molecule has 0 fully saturated rings. The number of aromatic nitrogens is 1. The Bertz CT molecular complexity index is 1080. The number of benzene rings is 2. The number of aromatic amines is 1. The number of hydrogen-bond donors (Lipinski definition) is 4. The summed E-state index contributed by atoms with van der Waals surface area (Å²) in [7, 11) is 0. The number of aliphatic hydroxyl groups excluding tert-OH is 2. The van der Waals surface area contributed by atoms with Crippen LogP contribution in [0.2, 0.25) is 0 Å². The van der Waals surface area contributed by atoms with Gasteiger partial charge in [0.05, 0.1) is 11.6 Å². The number of H-pyrrole nitrogens is 1. The Labute approximate surface area is 167 Å². The van der Waals surface area contributed by atoms with E-state index in [-0.39, 0.29) is 17.4 Å². The SMILES string of the molecule is O=C(CO)Oc1ccc(C(O)CNC2Cc3ccccc3C2)c2ccc(=O)[nH]c12. The van der Waals surface area contributed by atoms with Crippen molar-refractivity contribution in [1.82, 2.24) is 10.3 Å². The quantitative estimate of drug-likeness (QED) is 0.369. The number of aliphatic hydroxyl groups is 2. The van der Waals surface area contributed by atoms with E-state index in [4.69, 9.17) is 9.84 Å². The summed E-state index contributed by atoms with van der Waals surface area (Å²) >= 11 is 0. The third kappa shape index (κ3) is 4.07. The number of ether oxygens (including phenoxy) is 1. The predicted octanol–water partition coefficient (Wildman–Crippen LogP) is 1.22. The van der Waals surface area contributed by atoms with Crippen LogP contribution in [0.3, 0.4) is 0 Å². The van der Waals surface area contributed by atoms with E-state index < -0.39 is 18.7 Å². The maximum Gasteiger partial charge on any atom is 0.337 e. The molecule has 7 heteroatoms. The van der Waals surface area contributed by atoms with Gasteiger partial charge in [0.25, 0.3) is 0 Å². The van der Waals surface area contributed by atoms with Crippen LogP contribution in [0.5, 0.6) is 5.75 Å². The van der Waals surface area contributed by atoms with Gasteiger partial charge in [-0.05, 0) is 41.7 Å². The maximum absolute atomic E-state index is 11.8. The van der Waals surface area contributed by atoms with Crippen LogP contribution < -0.4 is 15.6 Å². The number of rotatable bonds is 6. The molecule has 0 saturated heterocycles. The van der Waals surface area contributed by atoms with Gasteiger partial charge in [-0.2, -0.15) is 0 Å². The molecule has 1 heterocycles. The van der Waals surface area contributed by atoms with E-state index in [0.29, 0.717) is 23.0 Å². The van der Waals surface area contributed by atoms with Gasteiger partial charge in [-0.25, -0.2) is 4.79 Å². The summed E-state index contributed by atoms with van der Waals surface area (Å²) in [6.45, 7) is -0.417. The first-order chi connectivity index (χ1) is 14.0.